The van der Waals surface area contributed by atoms with E-state index in [0.29, 0.717) is 17.1 Å². The Hall–Kier alpha value is -3.37. The number of benzene rings is 3. The van der Waals surface area contributed by atoms with Crippen LogP contribution < -0.4 is 14.3 Å². The highest BCUT2D eigenvalue weighted by molar-refractivity contribution is 7.92. The monoisotopic (exact) mass is 473 g/mol. The highest BCUT2D eigenvalue weighted by Crippen LogP contribution is 2.22. The van der Waals surface area contributed by atoms with Crippen molar-refractivity contribution in [2.45, 2.75) is 17.9 Å². The van der Waals surface area contributed by atoms with Gasteiger partial charge in [0.2, 0.25) is 15.9 Å². The van der Waals surface area contributed by atoms with Gasteiger partial charge in [0, 0.05) is 11.4 Å². The fourth-order valence-corrected chi connectivity index (χ4v) is 5.30. The number of rotatable bonds is 8. The topological polar surface area (TPSA) is 113 Å². The van der Waals surface area contributed by atoms with E-state index in [1.807, 2.05) is 0 Å². The van der Waals surface area contributed by atoms with Crippen LogP contribution in [0.3, 0.4) is 0 Å². The summed E-state index contributed by atoms with van der Waals surface area (Å²) in [6, 6.07) is 21.4. The van der Waals surface area contributed by atoms with E-state index in [1.54, 1.807) is 60.7 Å². The molecule has 3 aromatic rings. The van der Waals surface area contributed by atoms with Crippen LogP contribution in [0.1, 0.15) is 6.92 Å². The Kier molecular flexibility index (Phi) is 6.85. The van der Waals surface area contributed by atoms with E-state index in [4.69, 9.17) is 0 Å². The van der Waals surface area contributed by atoms with Crippen molar-refractivity contribution < 1.29 is 21.6 Å². The molecule has 0 spiro atoms. The summed E-state index contributed by atoms with van der Waals surface area (Å²) in [6.07, 6.45) is 1.03. The molecule has 0 fully saturated rings. The number of hydrogen-bond donors (Lipinski definition) is 2. The highest BCUT2D eigenvalue weighted by Gasteiger charge is 2.29. The van der Waals surface area contributed by atoms with Crippen molar-refractivity contribution in [1.29, 1.82) is 0 Å². The van der Waals surface area contributed by atoms with Gasteiger partial charge in [-0.3, -0.25) is 13.8 Å². The van der Waals surface area contributed by atoms with Gasteiger partial charge in [-0.1, -0.05) is 36.4 Å². The van der Waals surface area contributed by atoms with Crippen LogP contribution in [-0.2, 0) is 24.8 Å². The van der Waals surface area contributed by atoms with Gasteiger partial charge in [0.25, 0.3) is 10.0 Å². The van der Waals surface area contributed by atoms with Gasteiger partial charge in [0.1, 0.15) is 6.04 Å². The molecule has 0 bridgehead atoms. The van der Waals surface area contributed by atoms with Gasteiger partial charge in [-0.05, 0) is 55.5 Å². The fourth-order valence-electron chi connectivity index (χ4n) is 3.07. The van der Waals surface area contributed by atoms with E-state index in [0.717, 1.165) is 10.6 Å². The predicted octanol–water partition coefficient (Wildman–Crippen LogP) is 3.28. The number of carbonyl (C=O) groups is 1. The maximum Gasteiger partial charge on any atom is 0.261 e. The van der Waals surface area contributed by atoms with Gasteiger partial charge in [-0.25, -0.2) is 16.8 Å². The standard InChI is InChI=1S/C22H23N3O5S2/c1-17(25(31(2,27)28)20-11-7-4-8-12-20)22(26)23-18-13-15-21(16-14-18)32(29,30)24-19-9-5-3-6-10-19/h3-17,24H,1-2H3,(H,23,26)/t17-/m1/s1. The molecule has 0 heterocycles. The summed E-state index contributed by atoms with van der Waals surface area (Å²) in [4.78, 5) is 12.8. The molecule has 168 valence electrons. The van der Waals surface area contributed by atoms with Crippen LogP contribution in [0.25, 0.3) is 0 Å². The summed E-state index contributed by atoms with van der Waals surface area (Å²) >= 11 is 0. The molecule has 0 aliphatic carbocycles. The van der Waals surface area contributed by atoms with Crippen molar-refractivity contribution in [3.8, 4) is 0 Å². The Morgan fingerprint density at radius 2 is 1.31 bits per heavy atom. The molecule has 3 rings (SSSR count). The van der Waals surface area contributed by atoms with Crippen LogP contribution in [0.4, 0.5) is 17.1 Å². The van der Waals surface area contributed by atoms with Crippen molar-refractivity contribution >= 4 is 43.0 Å². The molecule has 0 aliphatic heterocycles. The maximum absolute atomic E-state index is 12.7. The SMILES string of the molecule is C[C@H](C(=O)Nc1ccc(S(=O)(=O)Nc2ccccc2)cc1)N(c1ccccc1)S(C)(=O)=O. The minimum Gasteiger partial charge on any atom is -0.324 e. The number of nitrogens with zero attached hydrogens (tertiary/aromatic N) is 1. The van der Waals surface area contributed by atoms with Gasteiger partial charge in [0.05, 0.1) is 16.8 Å². The lowest BCUT2D eigenvalue weighted by atomic mass is 10.2. The Bertz CT molecular complexity index is 1280. The lowest BCUT2D eigenvalue weighted by Gasteiger charge is -2.28. The molecule has 3 aromatic carbocycles. The van der Waals surface area contributed by atoms with Crippen molar-refractivity contribution in [2.75, 3.05) is 20.6 Å². The number of nitrogens with one attached hydrogen (secondary N) is 2. The van der Waals surface area contributed by atoms with Gasteiger partial charge in [-0.2, -0.15) is 0 Å². The van der Waals surface area contributed by atoms with E-state index < -0.39 is 32.0 Å². The average molecular weight is 474 g/mol. The zero-order valence-corrected chi connectivity index (χ0v) is 19.1. The second-order valence-corrected chi connectivity index (χ2v) is 10.6. The molecule has 0 radical (unpaired) electrons. The largest absolute Gasteiger partial charge is 0.324 e. The van der Waals surface area contributed by atoms with Crippen molar-refractivity contribution in [3.05, 3.63) is 84.9 Å². The normalized spacial score (nSPS) is 12.6. The van der Waals surface area contributed by atoms with Gasteiger partial charge in [-0.15, -0.1) is 0 Å². The summed E-state index contributed by atoms with van der Waals surface area (Å²) < 4.78 is 53.2. The van der Waals surface area contributed by atoms with Crippen molar-refractivity contribution in [1.82, 2.24) is 0 Å². The molecule has 10 heteroatoms. The summed E-state index contributed by atoms with van der Waals surface area (Å²) in [5.74, 6) is -0.558. The molecule has 0 aliphatic rings. The first kappa shape index (κ1) is 23.3. The Balaban J connectivity index is 1.75. The first-order valence-corrected chi connectivity index (χ1v) is 12.9. The second-order valence-electron chi connectivity index (χ2n) is 7.06. The second kappa shape index (κ2) is 9.41. The molecule has 32 heavy (non-hydrogen) atoms. The molecule has 1 atom stereocenters. The van der Waals surface area contributed by atoms with Crippen LogP contribution in [0, 0.1) is 0 Å². The van der Waals surface area contributed by atoms with Crippen LogP contribution in [0.2, 0.25) is 0 Å². The maximum atomic E-state index is 12.7. The smallest absolute Gasteiger partial charge is 0.261 e. The summed E-state index contributed by atoms with van der Waals surface area (Å²) in [6.45, 7) is 1.48. The van der Waals surface area contributed by atoms with Gasteiger partial charge < -0.3 is 5.32 Å². The Labute approximate surface area is 188 Å². The zero-order valence-electron chi connectivity index (χ0n) is 17.5. The van der Waals surface area contributed by atoms with Crippen LogP contribution in [0.15, 0.2) is 89.8 Å². The third kappa shape index (κ3) is 5.65. The molecule has 0 saturated heterocycles. The quantitative estimate of drug-likeness (QED) is 0.521. The summed E-state index contributed by atoms with van der Waals surface area (Å²) in [7, 11) is -7.52. The molecular weight excluding hydrogens is 450 g/mol. The van der Waals surface area contributed by atoms with E-state index in [1.165, 1.54) is 31.2 Å². The number of carbonyl (C=O) groups excluding carboxylic acids is 1. The zero-order chi connectivity index (χ0) is 23.4. The van der Waals surface area contributed by atoms with E-state index in [9.17, 15) is 21.6 Å². The van der Waals surface area contributed by atoms with E-state index in [-0.39, 0.29) is 4.90 Å². The van der Waals surface area contributed by atoms with E-state index in [2.05, 4.69) is 10.0 Å². The van der Waals surface area contributed by atoms with Crippen molar-refractivity contribution in [2.24, 2.45) is 0 Å². The van der Waals surface area contributed by atoms with Gasteiger partial charge >= 0.3 is 0 Å². The molecule has 0 unspecified atom stereocenters. The first-order valence-electron chi connectivity index (χ1n) is 9.61. The minimum absolute atomic E-state index is 0.0226. The van der Waals surface area contributed by atoms with Gasteiger partial charge in [0.15, 0.2) is 0 Å². The summed E-state index contributed by atoms with van der Waals surface area (Å²) in [5, 5.41) is 2.63. The number of para-hydroxylation sites is 2. The van der Waals surface area contributed by atoms with Crippen LogP contribution in [-0.4, -0.2) is 35.0 Å². The number of anilines is 3. The van der Waals surface area contributed by atoms with Crippen LogP contribution >= 0.6 is 0 Å². The highest BCUT2D eigenvalue weighted by atomic mass is 32.2. The molecular formula is C22H23N3O5S2. The number of hydrogen-bond acceptors (Lipinski definition) is 5. The average Bonchev–Trinajstić information content (AvgIpc) is 2.74. The fraction of sp³-hybridized carbons (Fsp3) is 0.136. The Morgan fingerprint density at radius 1 is 0.781 bits per heavy atom. The van der Waals surface area contributed by atoms with Crippen LogP contribution in [0.5, 0.6) is 0 Å². The molecule has 2 N–H and O–H groups in total. The molecule has 0 aromatic heterocycles. The number of amides is 1. The molecule has 1 amide bonds. The summed E-state index contributed by atoms with van der Waals surface area (Å²) in [5.41, 5.74) is 1.13. The third-order valence-corrected chi connectivity index (χ3v) is 7.20. The predicted molar refractivity (Wildman–Crippen MR) is 126 cm³/mol. The molecule has 0 saturated carbocycles. The first-order chi connectivity index (χ1) is 15.1. The minimum atomic E-state index is -3.79. The number of sulfonamides is 2. The van der Waals surface area contributed by atoms with E-state index >= 15 is 0 Å². The van der Waals surface area contributed by atoms with Crippen molar-refractivity contribution in [3.63, 3.8) is 0 Å². The lowest BCUT2D eigenvalue weighted by Crippen LogP contribution is -2.45. The third-order valence-electron chi connectivity index (χ3n) is 4.56. The Morgan fingerprint density at radius 3 is 1.84 bits per heavy atom. The lowest BCUT2D eigenvalue weighted by molar-refractivity contribution is -0.116. The molecule has 8 nitrogen and oxygen atoms in total.